The molecule has 0 saturated carbocycles. The number of nitrogens with one attached hydrogen (secondary N) is 1. The van der Waals surface area contributed by atoms with Crippen molar-refractivity contribution in [1.82, 2.24) is 24.6 Å². The van der Waals surface area contributed by atoms with Crippen LogP contribution in [0.4, 0.5) is 0 Å². The van der Waals surface area contributed by atoms with Crippen molar-refractivity contribution in [3.05, 3.63) is 60.3 Å². The van der Waals surface area contributed by atoms with E-state index in [4.69, 9.17) is 0 Å². The summed E-state index contributed by atoms with van der Waals surface area (Å²) < 4.78 is 2.04. The summed E-state index contributed by atoms with van der Waals surface area (Å²) in [6.45, 7) is 3.24. The highest BCUT2D eigenvalue weighted by molar-refractivity contribution is 5.75. The Morgan fingerprint density at radius 2 is 2.08 bits per heavy atom. The van der Waals surface area contributed by atoms with E-state index in [-0.39, 0.29) is 5.91 Å². The first kappa shape index (κ1) is 17.0. The second-order valence-electron chi connectivity index (χ2n) is 6.03. The summed E-state index contributed by atoms with van der Waals surface area (Å²) in [6.07, 6.45) is 5.03. The van der Waals surface area contributed by atoms with Crippen molar-refractivity contribution in [2.24, 2.45) is 0 Å². The summed E-state index contributed by atoms with van der Waals surface area (Å²) in [5.41, 5.74) is 2.88. The molecule has 0 aliphatic rings. The standard InChI is InChI=1S/C19H23N5O/c1-3-18-20-10-12-24(18)11-9-19(25)23(2)14-16-13-17(22-21-16)15-7-5-4-6-8-15/h4-8,10,12-13H,3,9,11,14H2,1-2H3,(H,21,22). The van der Waals surface area contributed by atoms with E-state index in [2.05, 4.69) is 22.1 Å². The fourth-order valence-electron chi connectivity index (χ4n) is 2.81. The summed E-state index contributed by atoms with van der Waals surface area (Å²) in [7, 11) is 1.82. The topological polar surface area (TPSA) is 66.8 Å². The van der Waals surface area contributed by atoms with Gasteiger partial charge in [-0.1, -0.05) is 37.3 Å². The minimum atomic E-state index is 0.103. The molecule has 0 unspecified atom stereocenters. The molecule has 1 aromatic carbocycles. The zero-order valence-corrected chi connectivity index (χ0v) is 14.6. The van der Waals surface area contributed by atoms with Crippen LogP contribution in [-0.4, -0.2) is 37.6 Å². The molecule has 0 fully saturated rings. The lowest BCUT2D eigenvalue weighted by Crippen LogP contribution is -2.27. The number of carbonyl (C=O) groups is 1. The maximum atomic E-state index is 12.4. The lowest BCUT2D eigenvalue weighted by atomic mass is 10.1. The monoisotopic (exact) mass is 337 g/mol. The first-order valence-electron chi connectivity index (χ1n) is 8.51. The third-order valence-corrected chi connectivity index (χ3v) is 4.22. The number of hydrogen-bond acceptors (Lipinski definition) is 3. The Hall–Kier alpha value is -2.89. The zero-order valence-electron chi connectivity index (χ0n) is 14.6. The second kappa shape index (κ2) is 7.79. The number of benzene rings is 1. The Morgan fingerprint density at radius 3 is 2.84 bits per heavy atom. The van der Waals surface area contributed by atoms with Gasteiger partial charge in [-0.3, -0.25) is 9.89 Å². The Kier molecular flexibility index (Phi) is 5.28. The molecule has 25 heavy (non-hydrogen) atoms. The average Bonchev–Trinajstić information content (AvgIpc) is 3.29. The van der Waals surface area contributed by atoms with Crippen LogP contribution in [-0.2, 0) is 24.3 Å². The fourth-order valence-corrected chi connectivity index (χ4v) is 2.81. The molecule has 0 aliphatic carbocycles. The average molecular weight is 337 g/mol. The molecule has 3 aromatic rings. The van der Waals surface area contributed by atoms with E-state index < -0.39 is 0 Å². The van der Waals surface area contributed by atoms with Crippen LogP contribution >= 0.6 is 0 Å². The molecule has 2 heterocycles. The highest BCUT2D eigenvalue weighted by Crippen LogP contribution is 2.17. The third-order valence-electron chi connectivity index (χ3n) is 4.22. The quantitative estimate of drug-likeness (QED) is 0.721. The number of nitrogens with zero attached hydrogens (tertiary/aromatic N) is 4. The van der Waals surface area contributed by atoms with Gasteiger partial charge in [-0.15, -0.1) is 0 Å². The lowest BCUT2D eigenvalue weighted by molar-refractivity contribution is -0.130. The molecule has 3 rings (SSSR count). The number of amides is 1. The number of carbonyl (C=O) groups excluding carboxylic acids is 1. The van der Waals surface area contributed by atoms with Crippen molar-refractivity contribution in [3.63, 3.8) is 0 Å². The zero-order chi connectivity index (χ0) is 17.6. The van der Waals surface area contributed by atoms with E-state index in [0.717, 1.165) is 29.2 Å². The van der Waals surface area contributed by atoms with Gasteiger partial charge in [0.15, 0.2) is 0 Å². The first-order chi connectivity index (χ1) is 12.2. The number of rotatable bonds is 7. The molecule has 0 atom stereocenters. The van der Waals surface area contributed by atoms with Gasteiger partial charge in [-0.05, 0) is 6.07 Å². The van der Waals surface area contributed by atoms with Crippen molar-refractivity contribution < 1.29 is 4.79 Å². The van der Waals surface area contributed by atoms with Gasteiger partial charge < -0.3 is 9.47 Å². The van der Waals surface area contributed by atoms with Gasteiger partial charge in [0.05, 0.1) is 17.9 Å². The SMILES string of the molecule is CCc1nccn1CCC(=O)N(C)Cc1cc(-c2ccccc2)n[nH]1. The molecule has 0 spiro atoms. The minimum absolute atomic E-state index is 0.103. The number of aryl methyl sites for hydroxylation is 2. The molecule has 0 radical (unpaired) electrons. The Morgan fingerprint density at radius 1 is 1.28 bits per heavy atom. The normalized spacial score (nSPS) is 10.8. The van der Waals surface area contributed by atoms with Crippen LogP contribution in [0.2, 0.25) is 0 Å². The van der Waals surface area contributed by atoms with Crippen molar-refractivity contribution in [2.75, 3.05) is 7.05 Å². The summed E-state index contributed by atoms with van der Waals surface area (Å²) in [4.78, 5) is 18.4. The van der Waals surface area contributed by atoms with Gasteiger partial charge in [0.2, 0.25) is 5.91 Å². The Labute approximate surface area is 147 Å². The van der Waals surface area contributed by atoms with E-state index in [1.165, 1.54) is 0 Å². The smallest absolute Gasteiger partial charge is 0.224 e. The van der Waals surface area contributed by atoms with Crippen LogP contribution in [0.3, 0.4) is 0 Å². The van der Waals surface area contributed by atoms with E-state index in [9.17, 15) is 4.79 Å². The minimum Gasteiger partial charge on any atom is -0.340 e. The highest BCUT2D eigenvalue weighted by Gasteiger charge is 2.12. The molecule has 130 valence electrons. The van der Waals surface area contributed by atoms with Crippen LogP contribution in [0.25, 0.3) is 11.3 Å². The predicted octanol–water partition coefficient (Wildman–Crippen LogP) is 2.88. The maximum Gasteiger partial charge on any atom is 0.224 e. The van der Waals surface area contributed by atoms with Gasteiger partial charge in [-0.25, -0.2) is 4.98 Å². The van der Waals surface area contributed by atoms with Gasteiger partial charge >= 0.3 is 0 Å². The van der Waals surface area contributed by atoms with Gasteiger partial charge in [0, 0.05) is 44.4 Å². The molecule has 1 amide bonds. The molecular formula is C19H23N5O. The van der Waals surface area contributed by atoms with E-state index in [1.807, 2.05) is 54.2 Å². The number of hydrogen-bond donors (Lipinski definition) is 1. The summed E-state index contributed by atoms with van der Waals surface area (Å²) in [5.74, 6) is 1.11. The third kappa shape index (κ3) is 4.15. The molecule has 2 aromatic heterocycles. The molecule has 6 heteroatoms. The molecule has 1 N–H and O–H groups in total. The fraction of sp³-hybridized carbons (Fsp3) is 0.316. The summed E-state index contributed by atoms with van der Waals surface area (Å²) in [6, 6.07) is 12.0. The van der Waals surface area contributed by atoms with Crippen molar-refractivity contribution in [3.8, 4) is 11.3 Å². The van der Waals surface area contributed by atoms with Crippen molar-refractivity contribution in [2.45, 2.75) is 32.9 Å². The first-order valence-corrected chi connectivity index (χ1v) is 8.51. The summed E-state index contributed by atoms with van der Waals surface area (Å²) in [5, 5.41) is 7.35. The molecular weight excluding hydrogens is 314 g/mol. The summed E-state index contributed by atoms with van der Waals surface area (Å²) >= 11 is 0. The van der Waals surface area contributed by atoms with Crippen LogP contribution in [0, 0.1) is 0 Å². The maximum absolute atomic E-state index is 12.4. The largest absolute Gasteiger partial charge is 0.340 e. The molecule has 0 aliphatic heterocycles. The highest BCUT2D eigenvalue weighted by atomic mass is 16.2. The van der Waals surface area contributed by atoms with Crippen molar-refractivity contribution >= 4 is 5.91 Å². The van der Waals surface area contributed by atoms with Gasteiger partial charge in [0.25, 0.3) is 0 Å². The predicted molar refractivity (Wildman–Crippen MR) is 96.7 cm³/mol. The molecule has 0 saturated heterocycles. The van der Waals surface area contributed by atoms with E-state index in [0.29, 0.717) is 19.5 Å². The number of H-pyrrole nitrogens is 1. The second-order valence-corrected chi connectivity index (χ2v) is 6.03. The number of imidazole rings is 1. The molecule has 0 bridgehead atoms. The van der Waals surface area contributed by atoms with Crippen LogP contribution in [0.15, 0.2) is 48.8 Å². The van der Waals surface area contributed by atoms with Gasteiger partial charge in [0.1, 0.15) is 5.82 Å². The Balaban J connectivity index is 1.56. The van der Waals surface area contributed by atoms with E-state index >= 15 is 0 Å². The molecule has 6 nitrogen and oxygen atoms in total. The van der Waals surface area contributed by atoms with Crippen LogP contribution in [0.5, 0.6) is 0 Å². The van der Waals surface area contributed by atoms with E-state index in [1.54, 1.807) is 11.1 Å². The Bertz CT molecular complexity index is 821. The lowest BCUT2D eigenvalue weighted by Gasteiger charge is -2.16. The number of aromatic nitrogens is 4. The van der Waals surface area contributed by atoms with Crippen LogP contribution in [0.1, 0.15) is 24.9 Å². The number of aromatic amines is 1. The van der Waals surface area contributed by atoms with Crippen molar-refractivity contribution in [1.29, 1.82) is 0 Å². The van der Waals surface area contributed by atoms with Crippen LogP contribution < -0.4 is 0 Å². The van der Waals surface area contributed by atoms with Gasteiger partial charge in [-0.2, -0.15) is 5.10 Å².